The number of nitrogens with one attached hydrogen (secondary N) is 4. The second kappa shape index (κ2) is 18.7. The summed E-state index contributed by atoms with van der Waals surface area (Å²) < 4.78 is 30.1. The Balaban J connectivity index is 0.00000145. The molecule has 0 saturated carbocycles. The summed E-state index contributed by atoms with van der Waals surface area (Å²) >= 11 is 0. The SMILES string of the molecule is C=C/C=C(/c1cc(F)cc(CNC)c1)c1cc(C(=C)c2cc(-c3cncc(NC(=C)CC)c3)cc(F)c2NC)[nH]c1C.C=C=C.CC. The third kappa shape index (κ3) is 9.88. The summed E-state index contributed by atoms with van der Waals surface area (Å²) in [5.41, 5.74) is 11.7. The van der Waals surface area contributed by atoms with Gasteiger partial charge in [-0.25, -0.2) is 8.78 Å². The van der Waals surface area contributed by atoms with Crippen LogP contribution in [0.15, 0.2) is 111 Å². The van der Waals surface area contributed by atoms with Crippen LogP contribution in [-0.2, 0) is 6.54 Å². The molecule has 4 N–H and O–H groups in total. The van der Waals surface area contributed by atoms with Crippen molar-refractivity contribution in [3.63, 3.8) is 0 Å². The maximum Gasteiger partial charge on any atom is 0.147 e. The van der Waals surface area contributed by atoms with Gasteiger partial charge in [0.2, 0.25) is 0 Å². The molecule has 0 bridgehead atoms. The molecule has 2 aromatic heterocycles. The van der Waals surface area contributed by atoms with Crippen molar-refractivity contribution in [2.45, 2.75) is 40.7 Å². The van der Waals surface area contributed by atoms with Gasteiger partial charge in [-0.15, -0.1) is 5.73 Å². The molecule has 0 aliphatic rings. The van der Waals surface area contributed by atoms with Crippen LogP contribution in [0.25, 0.3) is 22.3 Å². The molecule has 2 heterocycles. The molecule has 4 aromatic rings. The van der Waals surface area contributed by atoms with Crippen LogP contribution in [0.3, 0.4) is 0 Å². The smallest absolute Gasteiger partial charge is 0.147 e. The number of H-pyrrole nitrogens is 1. The number of hydrogen-bond acceptors (Lipinski definition) is 4. The average Bonchev–Trinajstić information content (AvgIpc) is 3.45. The fourth-order valence-corrected chi connectivity index (χ4v) is 4.94. The van der Waals surface area contributed by atoms with Gasteiger partial charge in [-0.1, -0.05) is 65.8 Å². The molecule has 5 nitrogen and oxygen atoms in total. The first-order valence-corrected chi connectivity index (χ1v) is 15.5. The Kier molecular flexibility index (Phi) is 15.1. The van der Waals surface area contributed by atoms with Crippen molar-refractivity contribution >= 4 is 22.5 Å². The van der Waals surface area contributed by atoms with Gasteiger partial charge in [-0.05, 0) is 85.1 Å². The van der Waals surface area contributed by atoms with Gasteiger partial charge in [-0.3, -0.25) is 4.98 Å². The first-order chi connectivity index (χ1) is 22.6. The number of aromatic nitrogens is 2. The fraction of sp³-hybridized carbons (Fsp3) is 0.200. The maximum absolute atomic E-state index is 15.5. The molecule has 0 atom stereocenters. The Morgan fingerprint density at radius 3 is 2.28 bits per heavy atom. The second-order valence-corrected chi connectivity index (χ2v) is 10.3. The molecule has 0 saturated heterocycles. The molecule has 0 fully saturated rings. The van der Waals surface area contributed by atoms with Crippen LogP contribution in [0.4, 0.5) is 20.2 Å². The number of aromatic amines is 1. The first-order valence-electron chi connectivity index (χ1n) is 15.5. The highest BCUT2D eigenvalue weighted by Crippen LogP contribution is 2.37. The summed E-state index contributed by atoms with van der Waals surface area (Å²) in [6.07, 6.45) is 7.73. The second-order valence-electron chi connectivity index (χ2n) is 10.3. The molecule has 0 aliphatic heterocycles. The van der Waals surface area contributed by atoms with Gasteiger partial charge in [0.15, 0.2) is 0 Å². The van der Waals surface area contributed by atoms with Gasteiger partial charge in [0, 0.05) is 59.1 Å². The number of aryl methyl sites for hydroxylation is 1. The van der Waals surface area contributed by atoms with E-state index in [1.54, 1.807) is 25.5 Å². The monoisotopic (exact) mass is 635 g/mol. The van der Waals surface area contributed by atoms with Crippen molar-refractivity contribution in [3.05, 3.63) is 157 Å². The molecular formula is C40H47F2N5. The molecule has 246 valence electrons. The van der Waals surface area contributed by atoms with Crippen molar-refractivity contribution in [1.29, 1.82) is 0 Å². The van der Waals surface area contributed by atoms with E-state index in [0.717, 1.165) is 51.3 Å². The number of halogens is 2. The van der Waals surface area contributed by atoms with Crippen molar-refractivity contribution in [1.82, 2.24) is 15.3 Å². The van der Waals surface area contributed by atoms with Crippen LogP contribution < -0.4 is 16.0 Å². The summed E-state index contributed by atoms with van der Waals surface area (Å²) in [6.45, 7) is 27.0. The zero-order valence-corrected chi connectivity index (χ0v) is 28.5. The van der Waals surface area contributed by atoms with Crippen molar-refractivity contribution < 1.29 is 8.78 Å². The highest BCUT2D eigenvalue weighted by atomic mass is 19.1. The molecule has 4 rings (SSSR count). The Bertz CT molecular complexity index is 1770. The number of rotatable bonds is 12. The Morgan fingerprint density at radius 1 is 0.957 bits per heavy atom. The van der Waals surface area contributed by atoms with E-state index in [2.05, 4.69) is 64.5 Å². The Hall–Kier alpha value is -5.23. The highest BCUT2D eigenvalue weighted by molar-refractivity contribution is 5.90. The number of hydrogen-bond donors (Lipinski definition) is 4. The molecule has 0 spiro atoms. The molecule has 0 amide bonds. The third-order valence-electron chi connectivity index (χ3n) is 7.05. The summed E-state index contributed by atoms with van der Waals surface area (Å²) in [6, 6.07) is 12.3. The topological polar surface area (TPSA) is 64.8 Å². The lowest BCUT2D eigenvalue weighted by molar-refractivity contribution is 0.623. The minimum atomic E-state index is -0.407. The van der Waals surface area contributed by atoms with E-state index in [9.17, 15) is 4.39 Å². The first kappa shape index (κ1) is 38.0. The van der Waals surface area contributed by atoms with Gasteiger partial charge in [0.05, 0.1) is 17.6 Å². The van der Waals surface area contributed by atoms with Crippen LogP contribution in [-0.4, -0.2) is 24.1 Å². The molecule has 0 radical (unpaired) electrons. The normalized spacial score (nSPS) is 10.4. The van der Waals surface area contributed by atoms with Crippen LogP contribution in [0.1, 0.15) is 60.8 Å². The van der Waals surface area contributed by atoms with E-state index in [1.165, 1.54) is 18.2 Å². The van der Waals surface area contributed by atoms with Gasteiger partial charge in [0.1, 0.15) is 11.6 Å². The van der Waals surface area contributed by atoms with Gasteiger partial charge < -0.3 is 20.9 Å². The van der Waals surface area contributed by atoms with E-state index in [1.807, 2.05) is 65.1 Å². The van der Waals surface area contributed by atoms with E-state index in [4.69, 9.17) is 0 Å². The maximum atomic E-state index is 15.5. The van der Waals surface area contributed by atoms with Crippen molar-refractivity contribution in [2.24, 2.45) is 0 Å². The lowest BCUT2D eigenvalue weighted by Crippen LogP contribution is -2.06. The number of nitrogens with zero attached hydrogens (tertiary/aromatic N) is 1. The lowest BCUT2D eigenvalue weighted by Gasteiger charge is -2.15. The predicted molar refractivity (Wildman–Crippen MR) is 198 cm³/mol. The van der Waals surface area contributed by atoms with E-state index < -0.39 is 5.82 Å². The quantitative estimate of drug-likeness (QED) is 0.0924. The summed E-state index contributed by atoms with van der Waals surface area (Å²) in [5, 5.41) is 9.30. The van der Waals surface area contributed by atoms with E-state index >= 15 is 4.39 Å². The number of pyridine rings is 1. The fourth-order valence-electron chi connectivity index (χ4n) is 4.94. The molecule has 2 aromatic carbocycles. The summed E-state index contributed by atoms with van der Waals surface area (Å²) in [7, 11) is 3.50. The van der Waals surface area contributed by atoms with E-state index in [-0.39, 0.29) is 5.82 Å². The lowest BCUT2D eigenvalue weighted by atomic mass is 9.94. The standard InChI is InChI=1S/C35H37F2N5.C3H4.C2H6/c1-8-10-30(26-11-24(18-38-6)12-28(36)13-26)32-17-34(42-23(32)5)22(4)31-15-25(16-33(37)35(31)39-7)27-14-29(20-40-19-27)41-21(3)9-2;1-3-2;1-2/h8,10-17,19-20,38-39,41-42H,1,3-4,9,18H2,2,5-7H3;1-2H2;1-2H3/b30-10-;;. The number of benzene rings is 2. The summed E-state index contributed by atoms with van der Waals surface area (Å²) in [5.74, 6) is -0.723. The predicted octanol–water partition coefficient (Wildman–Crippen LogP) is 10.4. The number of anilines is 2. The van der Waals surface area contributed by atoms with Crippen molar-refractivity contribution in [2.75, 3.05) is 24.7 Å². The molecule has 47 heavy (non-hydrogen) atoms. The number of allylic oxidation sites excluding steroid dienone is 3. The van der Waals surface area contributed by atoms with Crippen LogP contribution in [0.5, 0.6) is 0 Å². The zero-order valence-electron chi connectivity index (χ0n) is 28.5. The van der Waals surface area contributed by atoms with Gasteiger partial charge in [-0.2, -0.15) is 0 Å². The Morgan fingerprint density at radius 2 is 1.66 bits per heavy atom. The van der Waals surface area contributed by atoms with Crippen molar-refractivity contribution in [3.8, 4) is 11.1 Å². The Labute approximate surface area is 279 Å². The van der Waals surface area contributed by atoms with Gasteiger partial charge in [0.25, 0.3) is 0 Å². The molecule has 0 unspecified atom stereocenters. The molecule has 7 heteroatoms. The van der Waals surface area contributed by atoms with Crippen LogP contribution in [0.2, 0.25) is 0 Å². The highest BCUT2D eigenvalue weighted by Gasteiger charge is 2.19. The zero-order chi connectivity index (χ0) is 35.1. The largest absolute Gasteiger partial charge is 0.385 e. The van der Waals surface area contributed by atoms with Gasteiger partial charge >= 0.3 is 0 Å². The summed E-state index contributed by atoms with van der Waals surface area (Å²) in [4.78, 5) is 7.75. The average molecular weight is 636 g/mol. The third-order valence-corrected chi connectivity index (χ3v) is 7.05. The molecule has 0 aliphatic carbocycles. The minimum Gasteiger partial charge on any atom is -0.385 e. The van der Waals surface area contributed by atoms with Crippen LogP contribution >= 0.6 is 0 Å². The van der Waals surface area contributed by atoms with Crippen LogP contribution in [0, 0.1) is 18.6 Å². The minimum absolute atomic E-state index is 0.316. The van der Waals surface area contributed by atoms with E-state index in [0.29, 0.717) is 34.6 Å². The molecular weight excluding hydrogens is 588 g/mol.